The number of hydrogen-bond acceptors (Lipinski definition) is 6. The van der Waals surface area contributed by atoms with Gasteiger partial charge in [-0.2, -0.15) is 9.67 Å². The highest BCUT2D eigenvalue weighted by atomic mass is 35.5. The Hall–Kier alpha value is -3.69. The van der Waals surface area contributed by atoms with Gasteiger partial charge in [0.2, 0.25) is 11.9 Å². The molecule has 7 nitrogen and oxygen atoms in total. The minimum Gasteiger partial charge on any atom is -0.497 e. The molecule has 0 atom stereocenters. The maximum Gasteiger partial charge on any atom is 0.281 e. The summed E-state index contributed by atoms with van der Waals surface area (Å²) in [5.74, 6) is -0.985. The van der Waals surface area contributed by atoms with E-state index in [1.165, 1.54) is 31.4 Å². The van der Waals surface area contributed by atoms with E-state index >= 15 is 0 Å². The Morgan fingerprint density at radius 1 is 0.943 bits per heavy atom. The first kappa shape index (κ1) is 24.4. The fourth-order valence-electron chi connectivity index (χ4n) is 3.26. The summed E-state index contributed by atoms with van der Waals surface area (Å²) in [7, 11) is 1.49. The third-order valence-corrected chi connectivity index (χ3v) is 5.79. The molecular weight excluding hydrogens is 499 g/mol. The van der Waals surface area contributed by atoms with Crippen LogP contribution in [-0.4, -0.2) is 27.8 Å². The molecule has 11 heteroatoms. The fourth-order valence-corrected chi connectivity index (χ4v) is 3.72. The van der Waals surface area contributed by atoms with E-state index in [-0.39, 0.29) is 51.7 Å². The molecule has 4 rings (SSSR count). The van der Waals surface area contributed by atoms with Crippen LogP contribution in [0.2, 0.25) is 10.0 Å². The summed E-state index contributed by atoms with van der Waals surface area (Å²) in [6.45, 7) is -0.0877. The van der Waals surface area contributed by atoms with Gasteiger partial charge in [0.1, 0.15) is 17.4 Å². The van der Waals surface area contributed by atoms with Crippen LogP contribution in [0.4, 0.5) is 20.7 Å². The predicted molar refractivity (Wildman–Crippen MR) is 130 cm³/mol. The third-order valence-electron chi connectivity index (χ3n) is 5.09. The highest BCUT2D eigenvalue weighted by molar-refractivity contribution is 6.31. The number of nitrogens with one attached hydrogen (secondary N) is 2. The normalized spacial score (nSPS) is 10.8. The van der Waals surface area contributed by atoms with Crippen LogP contribution in [0.5, 0.6) is 5.75 Å². The van der Waals surface area contributed by atoms with Crippen molar-refractivity contribution < 1.29 is 18.3 Å². The first-order valence-electron chi connectivity index (χ1n) is 10.4. The van der Waals surface area contributed by atoms with Crippen molar-refractivity contribution >= 4 is 41.0 Å². The van der Waals surface area contributed by atoms with E-state index in [1.54, 1.807) is 36.4 Å². The van der Waals surface area contributed by atoms with Crippen LogP contribution >= 0.6 is 23.2 Å². The van der Waals surface area contributed by atoms with Crippen molar-refractivity contribution in [1.29, 1.82) is 0 Å². The van der Waals surface area contributed by atoms with E-state index in [1.807, 2.05) is 0 Å². The average molecular weight is 518 g/mol. The second-order valence-corrected chi connectivity index (χ2v) is 8.13. The molecule has 0 saturated carbocycles. The van der Waals surface area contributed by atoms with Crippen LogP contribution in [0.25, 0.3) is 0 Å². The maximum absolute atomic E-state index is 14.2. The van der Waals surface area contributed by atoms with E-state index in [9.17, 15) is 13.6 Å². The Morgan fingerprint density at radius 2 is 1.54 bits per heavy atom. The molecule has 180 valence electrons. The van der Waals surface area contributed by atoms with Gasteiger partial charge in [0.25, 0.3) is 5.91 Å². The number of carbonyl (C=O) groups is 1. The van der Waals surface area contributed by atoms with Gasteiger partial charge < -0.3 is 15.4 Å². The van der Waals surface area contributed by atoms with Crippen LogP contribution in [0.1, 0.15) is 21.5 Å². The molecule has 0 unspecified atom stereocenters. The van der Waals surface area contributed by atoms with E-state index < -0.39 is 17.5 Å². The number of methoxy groups -OCH3 is 1. The van der Waals surface area contributed by atoms with Crippen molar-refractivity contribution in [3.05, 3.63) is 99.0 Å². The summed E-state index contributed by atoms with van der Waals surface area (Å²) in [6.07, 6.45) is 0. The predicted octanol–water partition coefficient (Wildman–Crippen LogP) is 5.78. The number of benzene rings is 3. The largest absolute Gasteiger partial charge is 0.497 e. The molecule has 3 aromatic carbocycles. The number of ether oxygens (including phenoxy) is 1. The van der Waals surface area contributed by atoms with Gasteiger partial charge in [0, 0.05) is 39.8 Å². The lowest BCUT2D eigenvalue weighted by molar-refractivity contribution is 0.0947. The van der Waals surface area contributed by atoms with Gasteiger partial charge in [0.15, 0.2) is 0 Å². The van der Waals surface area contributed by atoms with Gasteiger partial charge in [-0.25, -0.2) is 8.78 Å². The molecule has 0 bridgehead atoms. The van der Waals surface area contributed by atoms with Gasteiger partial charge >= 0.3 is 0 Å². The van der Waals surface area contributed by atoms with E-state index in [4.69, 9.17) is 27.9 Å². The lowest BCUT2D eigenvalue weighted by atomic mass is 10.2. The second-order valence-electron chi connectivity index (χ2n) is 7.32. The van der Waals surface area contributed by atoms with E-state index in [2.05, 4.69) is 20.7 Å². The molecule has 0 aliphatic rings. The number of halogens is 4. The quantitative estimate of drug-likeness (QED) is 0.308. The summed E-state index contributed by atoms with van der Waals surface area (Å²) in [4.78, 5) is 17.5. The van der Waals surface area contributed by atoms with Crippen molar-refractivity contribution in [3.8, 4) is 5.75 Å². The van der Waals surface area contributed by atoms with Gasteiger partial charge in [-0.15, -0.1) is 5.10 Å². The monoisotopic (exact) mass is 517 g/mol. The Bertz CT molecular complexity index is 1340. The van der Waals surface area contributed by atoms with Crippen LogP contribution < -0.4 is 15.4 Å². The van der Waals surface area contributed by atoms with Crippen LogP contribution in [0, 0.1) is 11.6 Å². The Morgan fingerprint density at radius 3 is 2.14 bits per heavy atom. The molecule has 0 aliphatic heterocycles. The summed E-state index contributed by atoms with van der Waals surface area (Å²) >= 11 is 12.2. The zero-order valence-electron chi connectivity index (χ0n) is 18.4. The zero-order chi connectivity index (χ0) is 24.9. The van der Waals surface area contributed by atoms with Gasteiger partial charge in [-0.05, 0) is 42.5 Å². The number of anilines is 2. The number of rotatable bonds is 8. The van der Waals surface area contributed by atoms with Crippen molar-refractivity contribution in [3.63, 3.8) is 0 Å². The minimum atomic E-state index is -0.518. The molecule has 1 aromatic heterocycles. The smallest absolute Gasteiger partial charge is 0.281 e. The molecule has 0 spiro atoms. The lowest BCUT2D eigenvalue weighted by Crippen LogP contribution is -2.18. The first-order chi connectivity index (χ1) is 16.9. The van der Waals surface area contributed by atoms with Crippen molar-refractivity contribution in [2.75, 3.05) is 17.7 Å². The standard InChI is InChI=1S/C24H19Cl2F2N5O2/c1-35-15-6-2-5-14(11-15)22(34)33-24(30-13-17-19(26)8-4-10-21(17)28)31-23(32-33)29-12-16-18(25)7-3-9-20(16)27/h2-11H,12-13H2,1H3,(H2,29,30,31,32). The second kappa shape index (κ2) is 10.7. The number of carbonyl (C=O) groups excluding carboxylic acids is 1. The third kappa shape index (κ3) is 5.52. The van der Waals surface area contributed by atoms with Crippen LogP contribution in [-0.2, 0) is 13.1 Å². The zero-order valence-corrected chi connectivity index (χ0v) is 19.9. The Labute approximate surface area is 209 Å². The van der Waals surface area contributed by atoms with Gasteiger partial charge in [-0.3, -0.25) is 4.79 Å². The minimum absolute atomic E-state index is 0.0263. The molecule has 0 radical (unpaired) electrons. The SMILES string of the molecule is COc1cccc(C(=O)n2nc(NCc3c(F)cccc3Cl)nc2NCc2c(F)cccc2Cl)c1. The van der Waals surface area contributed by atoms with Crippen molar-refractivity contribution in [2.45, 2.75) is 13.1 Å². The summed E-state index contributed by atoms with van der Waals surface area (Å²) < 4.78 is 34.6. The molecule has 0 fully saturated rings. The molecule has 4 aromatic rings. The molecular formula is C24H19Cl2F2N5O2. The Kier molecular flexibility index (Phi) is 7.48. The fraction of sp³-hybridized carbons (Fsp3) is 0.125. The van der Waals surface area contributed by atoms with Crippen LogP contribution in [0.15, 0.2) is 60.7 Å². The molecule has 2 N–H and O–H groups in total. The topological polar surface area (TPSA) is 81.1 Å². The molecule has 1 heterocycles. The van der Waals surface area contributed by atoms with Crippen LogP contribution in [0.3, 0.4) is 0 Å². The van der Waals surface area contributed by atoms with E-state index in [0.29, 0.717) is 5.75 Å². The summed E-state index contributed by atoms with van der Waals surface area (Å²) in [6, 6.07) is 15.2. The number of nitrogens with zero attached hydrogens (tertiary/aromatic N) is 3. The highest BCUT2D eigenvalue weighted by Gasteiger charge is 2.20. The van der Waals surface area contributed by atoms with E-state index in [0.717, 1.165) is 4.68 Å². The van der Waals surface area contributed by atoms with Crippen molar-refractivity contribution in [1.82, 2.24) is 14.8 Å². The number of hydrogen-bond donors (Lipinski definition) is 2. The maximum atomic E-state index is 14.2. The Balaban J connectivity index is 1.64. The molecule has 35 heavy (non-hydrogen) atoms. The molecule has 0 amide bonds. The van der Waals surface area contributed by atoms with Gasteiger partial charge in [-0.1, -0.05) is 41.4 Å². The number of aromatic nitrogens is 3. The summed E-state index contributed by atoms with van der Waals surface area (Å²) in [5, 5.41) is 10.4. The highest BCUT2D eigenvalue weighted by Crippen LogP contribution is 2.23. The molecule has 0 saturated heterocycles. The first-order valence-corrected chi connectivity index (χ1v) is 11.1. The lowest BCUT2D eigenvalue weighted by Gasteiger charge is -2.09. The van der Waals surface area contributed by atoms with Gasteiger partial charge in [0.05, 0.1) is 7.11 Å². The average Bonchev–Trinajstić information content (AvgIpc) is 3.26. The van der Waals surface area contributed by atoms with Crippen molar-refractivity contribution in [2.24, 2.45) is 0 Å². The summed E-state index contributed by atoms with van der Waals surface area (Å²) in [5.41, 5.74) is 0.701. The molecule has 0 aliphatic carbocycles.